The van der Waals surface area contributed by atoms with Crippen LogP contribution >= 0.6 is 0 Å². The van der Waals surface area contributed by atoms with Gasteiger partial charge in [0, 0.05) is 19.8 Å². The molecule has 10 heavy (non-hydrogen) atoms. The van der Waals surface area contributed by atoms with Crippen LogP contribution in [0.15, 0.2) is 17.1 Å². The fraction of sp³-hybridized carbons (Fsp3) is 0.571. The van der Waals surface area contributed by atoms with Gasteiger partial charge in [0.2, 0.25) is 0 Å². The van der Waals surface area contributed by atoms with Gasteiger partial charge >= 0.3 is 0 Å². The van der Waals surface area contributed by atoms with Crippen LogP contribution in [-0.2, 0) is 4.84 Å². The first-order chi connectivity index (χ1) is 4.77. The van der Waals surface area contributed by atoms with Crippen LogP contribution in [0.4, 0.5) is 0 Å². The maximum atomic E-state index is 5.07. The topological polar surface area (TPSA) is 24.8 Å². The molecule has 3 nitrogen and oxygen atoms in total. The van der Waals surface area contributed by atoms with Crippen molar-refractivity contribution in [3.8, 4) is 0 Å². The van der Waals surface area contributed by atoms with Crippen molar-refractivity contribution in [2.24, 2.45) is 11.1 Å². The van der Waals surface area contributed by atoms with Crippen LogP contribution in [0, 0.1) is 5.92 Å². The largest absolute Gasteiger partial charge is 0.376 e. The van der Waals surface area contributed by atoms with Gasteiger partial charge in [-0.2, -0.15) is 0 Å². The van der Waals surface area contributed by atoms with Crippen molar-refractivity contribution in [2.75, 3.05) is 13.6 Å². The maximum Gasteiger partial charge on any atom is 0.161 e. The van der Waals surface area contributed by atoms with E-state index in [-0.39, 0.29) is 0 Å². The molecule has 0 amide bonds. The van der Waals surface area contributed by atoms with Gasteiger partial charge in [-0.05, 0) is 6.92 Å². The molecule has 0 fully saturated rings. The lowest BCUT2D eigenvalue weighted by atomic mass is 10.1. The predicted molar refractivity (Wildman–Crippen MR) is 38.4 cm³/mol. The molecule has 0 saturated carbocycles. The van der Waals surface area contributed by atoms with Crippen LogP contribution in [0.5, 0.6) is 0 Å². The molecule has 0 radical (unpaired) electrons. The van der Waals surface area contributed by atoms with Gasteiger partial charge in [0.25, 0.3) is 0 Å². The Labute approximate surface area is 60.0 Å². The van der Waals surface area contributed by atoms with Gasteiger partial charge in [0.15, 0.2) is 5.76 Å². The van der Waals surface area contributed by atoms with Crippen LogP contribution in [0.1, 0.15) is 6.92 Å². The van der Waals surface area contributed by atoms with Crippen LogP contribution < -0.4 is 0 Å². The quantitative estimate of drug-likeness (QED) is 0.494. The van der Waals surface area contributed by atoms with Gasteiger partial charge in [-0.25, -0.2) is 0 Å². The van der Waals surface area contributed by atoms with Crippen molar-refractivity contribution < 1.29 is 4.84 Å². The van der Waals surface area contributed by atoms with E-state index in [4.69, 9.17) is 4.84 Å². The fourth-order valence-corrected chi connectivity index (χ4v) is 1.35. The van der Waals surface area contributed by atoms with E-state index in [2.05, 4.69) is 10.1 Å². The second-order valence-corrected chi connectivity index (χ2v) is 2.85. The van der Waals surface area contributed by atoms with E-state index in [1.54, 1.807) is 0 Å². The zero-order valence-corrected chi connectivity index (χ0v) is 6.16. The Hall–Kier alpha value is -0.990. The summed E-state index contributed by atoms with van der Waals surface area (Å²) in [5.41, 5.74) is 1.09. The number of hydrogen-bond donors (Lipinski definition) is 0. The van der Waals surface area contributed by atoms with Crippen molar-refractivity contribution in [3.05, 3.63) is 12.0 Å². The summed E-state index contributed by atoms with van der Waals surface area (Å²) in [6.07, 6.45) is 2.00. The van der Waals surface area contributed by atoms with Gasteiger partial charge in [-0.15, -0.1) is 0 Å². The van der Waals surface area contributed by atoms with Crippen molar-refractivity contribution in [3.63, 3.8) is 0 Å². The summed E-state index contributed by atoms with van der Waals surface area (Å²) in [5.74, 6) is 1.44. The monoisotopic (exact) mass is 138 g/mol. The highest BCUT2D eigenvalue weighted by atomic mass is 16.6. The minimum atomic E-state index is 0.435. The summed E-state index contributed by atoms with van der Waals surface area (Å²) in [6.45, 7) is 3.02. The van der Waals surface area contributed by atoms with E-state index in [1.807, 2.05) is 20.2 Å². The number of hydrogen-bond acceptors (Lipinski definition) is 3. The molecular formula is C7H10N2O. The molecule has 0 aromatic rings. The summed E-state index contributed by atoms with van der Waals surface area (Å²) in [4.78, 5) is 7.19. The number of fused-ring (bicyclic) bond motifs is 1. The lowest BCUT2D eigenvalue weighted by Gasteiger charge is -2.07. The Morgan fingerprint density at radius 1 is 1.80 bits per heavy atom. The first-order valence-corrected chi connectivity index (χ1v) is 3.41. The molecule has 0 N–H and O–H groups in total. The summed E-state index contributed by atoms with van der Waals surface area (Å²) in [5, 5.41) is 3.88. The number of nitrogens with zero attached hydrogens (tertiary/aromatic N) is 2. The summed E-state index contributed by atoms with van der Waals surface area (Å²) >= 11 is 0. The second kappa shape index (κ2) is 1.75. The molecule has 54 valence electrons. The van der Waals surface area contributed by atoms with Gasteiger partial charge in [-0.3, -0.25) is 0 Å². The number of oxime groups is 1. The molecule has 0 aromatic heterocycles. The first-order valence-electron chi connectivity index (χ1n) is 3.41. The highest BCUT2D eigenvalue weighted by Gasteiger charge is 2.31. The van der Waals surface area contributed by atoms with E-state index in [1.165, 1.54) is 0 Å². The Balaban J connectivity index is 2.25. The summed E-state index contributed by atoms with van der Waals surface area (Å²) in [7, 11) is 2.04. The van der Waals surface area contributed by atoms with Crippen LogP contribution in [-0.4, -0.2) is 24.2 Å². The standard InChI is InChI=1S/C7H10N2O/c1-5-6-3-9(2)4-7(6)10-8-5/h4,6H,3H2,1-2H3. The predicted octanol–water partition coefficient (Wildman–Crippen LogP) is 0.796. The summed E-state index contributed by atoms with van der Waals surface area (Å²) in [6, 6.07) is 0. The lowest BCUT2D eigenvalue weighted by Crippen LogP contribution is -2.17. The molecule has 2 aliphatic rings. The normalized spacial score (nSPS) is 29.4. The van der Waals surface area contributed by atoms with Gasteiger partial charge in [-0.1, -0.05) is 5.16 Å². The highest BCUT2D eigenvalue weighted by Crippen LogP contribution is 2.28. The number of rotatable bonds is 0. The average Bonchev–Trinajstić information content (AvgIpc) is 2.35. The Bertz CT molecular complexity index is 220. The van der Waals surface area contributed by atoms with Gasteiger partial charge in [0.05, 0.1) is 11.6 Å². The van der Waals surface area contributed by atoms with E-state index in [0.717, 1.165) is 18.0 Å². The molecule has 0 saturated heterocycles. The third-order valence-corrected chi connectivity index (χ3v) is 1.96. The minimum Gasteiger partial charge on any atom is -0.376 e. The molecule has 2 rings (SSSR count). The average molecular weight is 138 g/mol. The van der Waals surface area contributed by atoms with E-state index in [0.29, 0.717) is 5.92 Å². The third-order valence-electron chi connectivity index (χ3n) is 1.96. The molecular weight excluding hydrogens is 128 g/mol. The molecule has 1 unspecified atom stereocenters. The van der Waals surface area contributed by atoms with Crippen molar-refractivity contribution >= 4 is 5.71 Å². The molecule has 2 heterocycles. The third kappa shape index (κ3) is 0.632. The first kappa shape index (κ1) is 5.77. The van der Waals surface area contributed by atoms with E-state index >= 15 is 0 Å². The molecule has 0 spiro atoms. The Morgan fingerprint density at radius 2 is 2.60 bits per heavy atom. The van der Waals surface area contributed by atoms with Crippen LogP contribution in [0.25, 0.3) is 0 Å². The molecule has 3 heteroatoms. The Kier molecular flexibility index (Phi) is 1.01. The van der Waals surface area contributed by atoms with Crippen molar-refractivity contribution in [1.82, 2.24) is 4.90 Å². The zero-order chi connectivity index (χ0) is 7.14. The van der Waals surface area contributed by atoms with E-state index < -0.39 is 0 Å². The van der Waals surface area contributed by atoms with E-state index in [9.17, 15) is 0 Å². The molecule has 2 aliphatic heterocycles. The smallest absolute Gasteiger partial charge is 0.161 e. The van der Waals surface area contributed by atoms with Gasteiger partial charge < -0.3 is 9.74 Å². The van der Waals surface area contributed by atoms with Crippen molar-refractivity contribution in [2.45, 2.75) is 6.92 Å². The zero-order valence-electron chi connectivity index (χ0n) is 6.16. The molecule has 1 atom stereocenters. The molecule has 0 bridgehead atoms. The van der Waals surface area contributed by atoms with Gasteiger partial charge in [0.1, 0.15) is 0 Å². The van der Waals surface area contributed by atoms with Crippen LogP contribution in [0.3, 0.4) is 0 Å². The highest BCUT2D eigenvalue weighted by molar-refractivity contribution is 5.88. The maximum absolute atomic E-state index is 5.07. The molecule has 0 aliphatic carbocycles. The van der Waals surface area contributed by atoms with Crippen molar-refractivity contribution in [1.29, 1.82) is 0 Å². The van der Waals surface area contributed by atoms with Crippen LogP contribution in [0.2, 0.25) is 0 Å². The molecule has 0 aromatic carbocycles. The lowest BCUT2D eigenvalue weighted by molar-refractivity contribution is 0.237. The fourth-order valence-electron chi connectivity index (χ4n) is 1.35. The Morgan fingerprint density at radius 3 is 3.30 bits per heavy atom. The SMILES string of the molecule is CC1=NOC2=CN(C)CC21. The summed E-state index contributed by atoms with van der Waals surface area (Å²) < 4.78 is 0. The minimum absolute atomic E-state index is 0.435. The second-order valence-electron chi connectivity index (χ2n) is 2.85.